The van der Waals surface area contributed by atoms with E-state index in [2.05, 4.69) is 26.8 Å². The largest absolute Gasteiger partial charge is 0.488 e. The highest BCUT2D eigenvalue weighted by Crippen LogP contribution is 2.22. The first-order valence-corrected chi connectivity index (χ1v) is 7.41. The van der Waals surface area contributed by atoms with Crippen molar-refractivity contribution in [2.24, 2.45) is 0 Å². The summed E-state index contributed by atoms with van der Waals surface area (Å²) >= 11 is 0. The molecule has 0 saturated carbocycles. The van der Waals surface area contributed by atoms with E-state index in [1.54, 1.807) is 12.4 Å². The third kappa shape index (κ3) is 3.29. The van der Waals surface area contributed by atoms with Gasteiger partial charge >= 0.3 is 0 Å². The van der Waals surface area contributed by atoms with Crippen molar-refractivity contribution in [3.8, 4) is 5.75 Å². The molecule has 0 aromatic carbocycles. The van der Waals surface area contributed by atoms with Crippen molar-refractivity contribution >= 4 is 5.82 Å². The van der Waals surface area contributed by atoms with Gasteiger partial charge in [-0.15, -0.1) is 0 Å². The molecule has 0 unspecified atom stereocenters. The van der Waals surface area contributed by atoms with Gasteiger partial charge in [0.25, 0.3) is 0 Å². The van der Waals surface area contributed by atoms with Gasteiger partial charge in [0.15, 0.2) is 0 Å². The van der Waals surface area contributed by atoms with Crippen LogP contribution in [-0.2, 0) is 6.42 Å². The van der Waals surface area contributed by atoms with E-state index in [9.17, 15) is 0 Å². The summed E-state index contributed by atoms with van der Waals surface area (Å²) in [5.41, 5.74) is 1.02. The lowest BCUT2D eigenvalue weighted by atomic mass is 10.3. The van der Waals surface area contributed by atoms with Crippen LogP contribution >= 0.6 is 0 Å². The second-order valence-corrected chi connectivity index (χ2v) is 5.29. The number of pyridine rings is 1. The second kappa shape index (κ2) is 6.08. The van der Waals surface area contributed by atoms with Crippen LogP contribution in [0, 0.1) is 6.92 Å². The summed E-state index contributed by atoms with van der Waals surface area (Å²) in [4.78, 5) is 15.3. The predicted octanol–water partition coefficient (Wildman–Crippen LogP) is 2.40. The van der Waals surface area contributed by atoms with Crippen LogP contribution in [0.4, 0.5) is 5.82 Å². The molecule has 110 valence electrons. The van der Waals surface area contributed by atoms with Crippen LogP contribution in [0.25, 0.3) is 0 Å². The van der Waals surface area contributed by atoms with Gasteiger partial charge in [-0.05, 0) is 19.1 Å². The van der Waals surface area contributed by atoms with Crippen LogP contribution in [-0.4, -0.2) is 34.1 Å². The molecular weight excluding hydrogens is 264 g/mol. The molecule has 0 bridgehead atoms. The van der Waals surface area contributed by atoms with E-state index in [0.29, 0.717) is 0 Å². The van der Waals surface area contributed by atoms with E-state index in [0.717, 1.165) is 49.0 Å². The topological polar surface area (TPSA) is 51.1 Å². The van der Waals surface area contributed by atoms with Gasteiger partial charge in [-0.1, -0.05) is 6.92 Å². The van der Waals surface area contributed by atoms with Gasteiger partial charge < -0.3 is 9.64 Å². The average Bonchev–Trinajstić information content (AvgIpc) is 2.96. The Labute approximate surface area is 125 Å². The highest BCUT2D eigenvalue weighted by molar-refractivity contribution is 5.41. The van der Waals surface area contributed by atoms with Crippen molar-refractivity contribution in [2.75, 3.05) is 18.0 Å². The lowest BCUT2D eigenvalue weighted by Gasteiger charge is -2.19. The van der Waals surface area contributed by atoms with E-state index in [-0.39, 0.29) is 6.10 Å². The zero-order valence-electron chi connectivity index (χ0n) is 12.5. The molecule has 1 aliphatic heterocycles. The summed E-state index contributed by atoms with van der Waals surface area (Å²) in [6.45, 7) is 5.93. The van der Waals surface area contributed by atoms with Gasteiger partial charge in [0, 0.05) is 43.5 Å². The van der Waals surface area contributed by atoms with Gasteiger partial charge in [0.2, 0.25) is 0 Å². The summed E-state index contributed by atoms with van der Waals surface area (Å²) in [5, 5.41) is 0. The third-order valence-electron chi connectivity index (χ3n) is 3.62. The lowest BCUT2D eigenvalue weighted by molar-refractivity contribution is 0.224. The minimum Gasteiger partial charge on any atom is -0.488 e. The first-order valence-electron chi connectivity index (χ1n) is 7.41. The fraction of sp³-hybridized carbons (Fsp3) is 0.438. The van der Waals surface area contributed by atoms with Gasteiger partial charge in [-0.2, -0.15) is 0 Å². The molecule has 0 spiro atoms. The van der Waals surface area contributed by atoms with Crippen molar-refractivity contribution < 1.29 is 4.74 Å². The van der Waals surface area contributed by atoms with E-state index in [4.69, 9.17) is 4.74 Å². The first kappa shape index (κ1) is 13.8. The fourth-order valence-corrected chi connectivity index (χ4v) is 2.57. The smallest absolute Gasteiger partial charge is 0.132 e. The number of nitrogens with zero attached hydrogens (tertiary/aromatic N) is 4. The molecule has 1 saturated heterocycles. The number of aromatic nitrogens is 3. The number of aryl methyl sites for hydroxylation is 2. The zero-order valence-corrected chi connectivity index (χ0v) is 12.5. The molecule has 1 atom stereocenters. The number of anilines is 1. The summed E-state index contributed by atoms with van der Waals surface area (Å²) in [5.74, 6) is 2.80. The Kier molecular flexibility index (Phi) is 3.99. The molecule has 1 fully saturated rings. The predicted molar refractivity (Wildman–Crippen MR) is 81.6 cm³/mol. The van der Waals surface area contributed by atoms with Crippen molar-refractivity contribution in [1.29, 1.82) is 0 Å². The highest BCUT2D eigenvalue weighted by atomic mass is 16.5. The Morgan fingerprint density at radius 2 is 2.10 bits per heavy atom. The van der Waals surface area contributed by atoms with Gasteiger partial charge in [0.05, 0.1) is 6.54 Å². The third-order valence-corrected chi connectivity index (χ3v) is 3.62. The van der Waals surface area contributed by atoms with Crippen LogP contribution in [0.1, 0.15) is 24.9 Å². The number of hydrogen-bond acceptors (Lipinski definition) is 5. The Bertz CT molecular complexity index is 602. The average molecular weight is 284 g/mol. The number of ether oxygens (including phenoxy) is 1. The Morgan fingerprint density at radius 3 is 2.86 bits per heavy atom. The fourth-order valence-electron chi connectivity index (χ4n) is 2.57. The van der Waals surface area contributed by atoms with Crippen LogP contribution in [0.5, 0.6) is 5.75 Å². The highest BCUT2D eigenvalue weighted by Gasteiger charge is 2.25. The molecular formula is C16H20N4O. The molecule has 5 nitrogen and oxygen atoms in total. The van der Waals surface area contributed by atoms with Crippen LogP contribution in [0.15, 0.2) is 30.6 Å². The molecule has 2 aromatic heterocycles. The van der Waals surface area contributed by atoms with Gasteiger partial charge in [0.1, 0.15) is 23.5 Å². The lowest BCUT2D eigenvalue weighted by Crippen LogP contribution is -2.25. The second-order valence-electron chi connectivity index (χ2n) is 5.29. The molecule has 1 aliphatic rings. The Balaban J connectivity index is 1.68. The molecule has 0 N–H and O–H groups in total. The maximum absolute atomic E-state index is 5.99. The molecule has 3 rings (SSSR count). The minimum atomic E-state index is 0.202. The van der Waals surface area contributed by atoms with Crippen molar-refractivity contribution in [3.05, 3.63) is 42.1 Å². The molecule has 5 heteroatoms. The van der Waals surface area contributed by atoms with Gasteiger partial charge in [-0.25, -0.2) is 9.97 Å². The summed E-state index contributed by atoms with van der Waals surface area (Å²) in [6.07, 6.45) is 5.58. The molecule has 21 heavy (non-hydrogen) atoms. The van der Waals surface area contributed by atoms with Crippen LogP contribution in [0.2, 0.25) is 0 Å². The summed E-state index contributed by atoms with van der Waals surface area (Å²) < 4.78 is 5.99. The zero-order chi connectivity index (χ0) is 14.7. The normalized spacial score (nSPS) is 18.0. The maximum atomic E-state index is 5.99. The van der Waals surface area contributed by atoms with Gasteiger partial charge in [-0.3, -0.25) is 4.98 Å². The summed E-state index contributed by atoms with van der Waals surface area (Å²) in [7, 11) is 0. The molecule has 0 amide bonds. The SMILES string of the molecule is CCc1nc(C)cc(N2CC[C@@H](Oc3ccncc3)C2)n1. The van der Waals surface area contributed by atoms with Crippen LogP contribution in [0.3, 0.4) is 0 Å². The minimum absolute atomic E-state index is 0.202. The molecule has 0 aliphatic carbocycles. The van der Waals surface area contributed by atoms with Crippen molar-refractivity contribution in [3.63, 3.8) is 0 Å². The molecule has 0 radical (unpaired) electrons. The quantitative estimate of drug-likeness (QED) is 0.863. The molecule has 3 heterocycles. The number of rotatable bonds is 4. The standard InChI is InChI=1S/C16H20N4O/c1-3-15-18-12(2)10-16(19-15)20-9-6-14(11-20)21-13-4-7-17-8-5-13/h4-5,7-8,10,14H,3,6,9,11H2,1-2H3/t14-/m1/s1. The van der Waals surface area contributed by atoms with Crippen LogP contribution < -0.4 is 9.64 Å². The Hall–Kier alpha value is -2.17. The first-order chi connectivity index (χ1) is 10.2. The van der Waals surface area contributed by atoms with E-state index >= 15 is 0 Å². The molecule has 2 aromatic rings. The summed E-state index contributed by atoms with van der Waals surface area (Å²) in [6, 6.07) is 5.84. The van der Waals surface area contributed by atoms with Crippen molar-refractivity contribution in [1.82, 2.24) is 15.0 Å². The van der Waals surface area contributed by atoms with E-state index in [1.165, 1.54) is 0 Å². The maximum Gasteiger partial charge on any atom is 0.132 e. The van der Waals surface area contributed by atoms with E-state index < -0.39 is 0 Å². The van der Waals surface area contributed by atoms with Crippen molar-refractivity contribution in [2.45, 2.75) is 32.8 Å². The monoisotopic (exact) mass is 284 g/mol. The number of hydrogen-bond donors (Lipinski definition) is 0. The van der Waals surface area contributed by atoms with E-state index in [1.807, 2.05) is 25.1 Å². The Morgan fingerprint density at radius 1 is 1.29 bits per heavy atom.